The summed E-state index contributed by atoms with van der Waals surface area (Å²) in [6.45, 7) is 1.85. The van der Waals surface area contributed by atoms with Crippen LogP contribution in [0.15, 0.2) is 12.1 Å². The van der Waals surface area contributed by atoms with Gasteiger partial charge in [-0.3, -0.25) is 0 Å². The average molecular weight is 205 g/mol. The molecule has 1 aromatic carbocycles. The second-order valence-electron chi connectivity index (χ2n) is 2.94. The van der Waals surface area contributed by atoms with Crippen molar-refractivity contribution in [2.45, 2.75) is 13.3 Å². The van der Waals surface area contributed by atoms with Crippen LogP contribution in [0.3, 0.4) is 0 Å². The molecule has 4 nitrogen and oxygen atoms in total. The molecule has 0 fully saturated rings. The molecule has 0 atom stereocenters. The number of hydrogen-bond donors (Lipinski definition) is 1. The molecule has 0 saturated carbocycles. The van der Waals surface area contributed by atoms with E-state index in [2.05, 4.69) is 0 Å². The van der Waals surface area contributed by atoms with Gasteiger partial charge in [0.25, 0.3) is 0 Å². The smallest absolute Gasteiger partial charge is 0.339 e. The molecule has 0 aliphatic heterocycles. The van der Waals surface area contributed by atoms with Gasteiger partial charge in [-0.15, -0.1) is 0 Å². The average Bonchev–Trinajstić information content (AvgIpc) is 2.26. The van der Waals surface area contributed by atoms with Gasteiger partial charge in [0, 0.05) is 5.56 Å². The quantitative estimate of drug-likeness (QED) is 0.817. The third kappa shape index (κ3) is 1.91. The van der Waals surface area contributed by atoms with Gasteiger partial charge in [0.05, 0.1) is 18.7 Å². The topological polar surface area (TPSA) is 70.3 Å². The fourth-order valence-corrected chi connectivity index (χ4v) is 1.49. The molecule has 15 heavy (non-hydrogen) atoms. The molecule has 0 heterocycles. The van der Waals surface area contributed by atoms with Crippen molar-refractivity contribution >= 4 is 5.97 Å². The van der Waals surface area contributed by atoms with E-state index in [-0.39, 0.29) is 11.3 Å². The van der Waals surface area contributed by atoms with Crippen molar-refractivity contribution < 1.29 is 14.6 Å². The number of benzene rings is 1. The first kappa shape index (κ1) is 11.1. The van der Waals surface area contributed by atoms with Gasteiger partial charge < -0.3 is 9.84 Å². The first-order chi connectivity index (χ1) is 7.15. The van der Waals surface area contributed by atoms with Gasteiger partial charge in [-0.25, -0.2) is 4.79 Å². The van der Waals surface area contributed by atoms with Gasteiger partial charge in [0.1, 0.15) is 11.3 Å². The minimum Gasteiger partial charge on any atom is -0.496 e. The van der Waals surface area contributed by atoms with E-state index in [1.807, 2.05) is 13.0 Å². The zero-order valence-corrected chi connectivity index (χ0v) is 8.57. The lowest BCUT2D eigenvalue weighted by atomic mass is 10.0. The van der Waals surface area contributed by atoms with Crippen molar-refractivity contribution in [1.82, 2.24) is 0 Å². The molecule has 4 heteroatoms. The molecule has 78 valence electrons. The maximum absolute atomic E-state index is 10.9. The fourth-order valence-electron chi connectivity index (χ4n) is 1.49. The summed E-state index contributed by atoms with van der Waals surface area (Å²) >= 11 is 0. The third-order valence-electron chi connectivity index (χ3n) is 2.17. The van der Waals surface area contributed by atoms with Crippen LogP contribution in [-0.2, 0) is 6.42 Å². The Kier molecular flexibility index (Phi) is 3.29. The summed E-state index contributed by atoms with van der Waals surface area (Å²) in [5.74, 6) is -0.768. The van der Waals surface area contributed by atoms with Crippen LogP contribution < -0.4 is 4.74 Å². The van der Waals surface area contributed by atoms with E-state index < -0.39 is 5.97 Å². The Hall–Kier alpha value is -2.02. The van der Waals surface area contributed by atoms with E-state index in [1.165, 1.54) is 19.2 Å². The summed E-state index contributed by atoms with van der Waals surface area (Å²) in [7, 11) is 1.40. The van der Waals surface area contributed by atoms with Gasteiger partial charge in [-0.05, 0) is 18.6 Å². The van der Waals surface area contributed by atoms with E-state index >= 15 is 0 Å². The molecular formula is C11H11NO3. The summed E-state index contributed by atoms with van der Waals surface area (Å²) in [5, 5.41) is 17.8. The standard InChI is InChI=1S/C11H11NO3/c1-3-8-7(6-12)4-5-9(11(13)14)10(8)15-2/h4-5H,3H2,1-2H3,(H,13,14). The number of carboxylic acid groups (broad SMARTS) is 1. The van der Waals surface area contributed by atoms with Crippen molar-refractivity contribution in [2.24, 2.45) is 0 Å². The maximum atomic E-state index is 10.9. The summed E-state index contributed by atoms with van der Waals surface area (Å²) < 4.78 is 5.04. The maximum Gasteiger partial charge on any atom is 0.339 e. The van der Waals surface area contributed by atoms with Gasteiger partial charge in [-0.2, -0.15) is 5.26 Å². The van der Waals surface area contributed by atoms with Crippen LogP contribution in [0.25, 0.3) is 0 Å². The van der Waals surface area contributed by atoms with Crippen molar-refractivity contribution in [3.05, 3.63) is 28.8 Å². The van der Waals surface area contributed by atoms with Crippen LogP contribution in [0.4, 0.5) is 0 Å². The van der Waals surface area contributed by atoms with E-state index in [0.29, 0.717) is 17.5 Å². The van der Waals surface area contributed by atoms with Crippen molar-refractivity contribution in [1.29, 1.82) is 5.26 Å². The van der Waals surface area contributed by atoms with Crippen molar-refractivity contribution in [3.8, 4) is 11.8 Å². The lowest BCUT2D eigenvalue weighted by molar-refractivity contribution is 0.0693. The number of rotatable bonds is 3. The number of aromatic carboxylic acids is 1. The molecule has 1 N–H and O–H groups in total. The Morgan fingerprint density at radius 3 is 2.67 bits per heavy atom. The Balaban J connectivity index is 3.49. The van der Waals surface area contributed by atoms with E-state index in [1.54, 1.807) is 0 Å². The van der Waals surface area contributed by atoms with Gasteiger partial charge in [-0.1, -0.05) is 6.92 Å². The normalized spacial score (nSPS) is 9.40. The van der Waals surface area contributed by atoms with Crippen LogP contribution in [0.2, 0.25) is 0 Å². The highest BCUT2D eigenvalue weighted by Crippen LogP contribution is 2.27. The highest BCUT2D eigenvalue weighted by Gasteiger charge is 2.16. The van der Waals surface area contributed by atoms with Gasteiger partial charge in [0.2, 0.25) is 0 Å². The molecule has 0 unspecified atom stereocenters. The first-order valence-electron chi connectivity index (χ1n) is 4.49. The Morgan fingerprint density at radius 1 is 1.60 bits per heavy atom. The van der Waals surface area contributed by atoms with Crippen LogP contribution >= 0.6 is 0 Å². The first-order valence-corrected chi connectivity index (χ1v) is 4.49. The number of methoxy groups -OCH3 is 1. The molecule has 0 radical (unpaired) electrons. The zero-order valence-electron chi connectivity index (χ0n) is 8.57. The predicted molar refractivity (Wildman–Crippen MR) is 54.0 cm³/mol. The third-order valence-corrected chi connectivity index (χ3v) is 2.17. The molecule has 0 amide bonds. The summed E-state index contributed by atoms with van der Waals surface area (Å²) in [6.07, 6.45) is 0.563. The molecule has 0 aliphatic rings. The minimum atomic E-state index is -1.05. The van der Waals surface area contributed by atoms with Crippen molar-refractivity contribution in [2.75, 3.05) is 7.11 Å². The SMILES string of the molecule is CCc1c(C#N)ccc(C(=O)O)c1OC. The molecule has 1 rings (SSSR count). The number of nitrogens with zero attached hydrogens (tertiary/aromatic N) is 1. The lowest BCUT2D eigenvalue weighted by Crippen LogP contribution is -2.04. The lowest BCUT2D eigenvalue weighted by Gasteiger charge is -2.11. The van der Waals surface area contributed by atoms with Crippen LogP contribution in [0.1, 0.15) is 28.4 Å². The van der Waals surface area contributed by atoms with E-state index in [9.17, 15) is 4.79 Å². The molecule has 1 aromatic rings. The number of carboxylic acids is 1. The molecule has 0 aliphatic carbocycles. The molecule has 0 aromatic heterocycles. The number of carbonyl (C=O) groups is 1. The second-order valence-corrected chi connectivity index (χ2v) is 2.94. The fraction of sp³-hybridized carbons (Fsp3) is 0.273. The minimum absolute atomic E-state index is 0.0911. The summed E-state index contributed by atoms with van der Waals surface area (Å²) in [6, 6.07) is 4.91. The van der Waals surface area contributed by atoms with Crippen LogP contribution in [0.5, 0.6) is 5.75 Å². The van der Waals surface area contributed by atoms with Crippen LogP contribution in [-0.4, -0.2) is 18.2 Å². The van der Waals surface area contributed by atoms with Gasteiger partial charge in [0.15, 0.2) is 0 Å². The highest BCUT2D eigenvalue weighted by molar-refractivity contribution is 5.91. The molecular weight excluding hydrogens is 194 g/mol. The Bertz CT molecular complexity index is 432. The molecule has 0 saturated heterocycles. The number of ether oxygens (including phenoxy) is 1. The predicted octanol–water partition coefficient (Wildman–Crippen LogP) is 1.83. The second kappa shape index (κ2) is 4.47. The Morgan fingerprint density at radius 2 is 2.27 bits per heavy atom. The highest BCUT2D eigenvalue weighted by atomic mass is 16.5. The van der Waals surface area contributed by atoms with E-state index in [0.717, 1.165) is 0 Å². The molecule has 0 spiro atoms. The van der Waals surface area contributed by atoms with Gasteiger partial charge >= 0.3 is 5.97 Å². The number of nitriles is 1. The summed E-state index contributed by atoms with van der Waals surface area (Å²) in [5.41, 5.74) is 1.19. The summed E-state index contributed by atoms with van der Waals surface area (Å²) in [4.78, 5) is 10.9. The molecule has 0 bridgehead atoms. The zero-order chi connectivity index (χ0) is 11.4. The van der Waals surface area contributed by atoms with E-state index in [4.69, 9.17) is 15.1 Å². The van der Waals surface area contributed by atoms with Crippen LogP contribution in [0, 0.1) is 11.3 Å². The monoisotopic (exact) mass is 205 g/mol. The largest absolute Gasteiger partial charge is 0.496 e. The Labute approximate surface area is 87.7 Å². The van der Waals surface area contributed by atoms with Crippen molar-refractivity contribution in [3.63, 3.8) is 0 Å². The number of hydrogen-bond acceptors (Lipinski definition) is 3.